The molecule has 2 rings (SSSR count). The second-order valence-corrected chi connectivity index (χ2v) is 3.11. The van der Waals surface area contributed by atoms with Crippen LogP contribution in [0.1, 0.15) is 13.3 Å². The molecule has 0 saturated heterocycles. The van der Waals surface area contributed by atoms with Crippen LogP contribution in [-0.2, 0) is 14.3 Å². The van der Waals surface area contributed by atoms with E-state index in [1.54, 1.807) is 6.08 Å². The molecular weight excluding hydrogens is 156 g/mol. The molecule has 1 aliphatic heterocycles. The lowest BCUT2D eigenvalue weighted by atomic mass is 9.92. The molecule has 62 valence electrons. The van der Waals surface area contributed by atoms with E-state index in [9.17, 15) is 9.59 Å². The number of rotatable bonds is 0. The summed E-state index contributed by atoms with van der Waals surface area (Å²) in [5.41, 5.74) is 0.980. The Kier molecular flexibility index (Phi) is 1.40. The molecule has 2 aliphatic rings. The van der Waals surface area contributed by atoms with Crippen molar-refractivity contribution in [3.8, 4) is 0 Å². The molecule has 0 bridgehead atoms. The molecule has 0 aromatic rings. The highest BCUT2D eigenvalue weighted by Gasteiger charge is 2.33. The van der Waals surface area contributed by atoms with Gasteiger partial charge in [-0.15, -0.1) is 0 Å². The van der Waals surface area contributed by atoms with Gasteiger partial charge in [0.2, 0.25) is 0 Å². The van der Waals surface area contributed by atoms with E-state index in [4.69, 9.17) is 0 Å². The molecule has 3 heteroatoms. The molecular formula is C9H8O3. The molecule has 0 spiro atoms. The summed E-state index contributed by atoms with van der Waals surface area (Å²) in [6, 6.07) is 0. The van der Waals surface area contributed by atoms with Gasteiger partial charge in [0.15, 0.2) is 0 Å². The maximum Gasteiger partial charge on any atom is 0.346 e. The van der Waals surface area contributed by atoms with Crippen LogP contribution in [0.25, 0.3) is 0 Å². The van der Waals surface area contributed by atoms with Crippen LogP contribution in [0.4, 0.5) is 0 Å². The minimum Gasteiger partial charge on any atom is -0.386 e. The standard InChI is InChI=1S/C9H8O3/c1-5-2-3-6-7(4-5)9(11)12-8(6)10/h2-3,5H,4H2,1H3. The van der Waals surface area contributed by atoms with E-state index in [0.29, 0.717) is 23.5 Å². The summed E-state index contributed by atoms with van der Waals surface area (Å²) in [6.07, 6.45) is 4.21. The quantitative estimate of drug-likeness (QED) is 0.395. The average molecular weight is 164 g/mol. The van der Waals surface area contributed by atoms with Crippen molar-refractivity contribution in [3.63, 3.8) is 0 Å². The van der Waals surface area contributed by atoms with Crippen LogP contribution in [0.5, 0.6) is 0 Å². The predicted octanol–water partition coefficient (Wildman–Crippen LogP) is 0.962. The number of carbonyl (C=O) groups is 2. The first-order valence-electron chi connectivity index (χ1n) is 3.86. The van der Waals surface area contributed by atoms with Gasteiger partial charge in [-0.1, -0.05) is 19.1 Å². The Morgan fingerprint density at radius 3 is 2.92 bits per heavy atom. The summed E-state index contributed by atoms with van der Waals surface area (Å²) < 4.78 is 4.45. The Balaban J connectivity index is 2.43. The number of ether oxygens (including phenoxy) is 1. The second-order valence-electron chi connectivity index (χ2n) is 3.11. The van der Waals surface area contributed by atoms with Gasteiger partial charge in [0.1, 0.15) is 0 Å². The van der Waals surface area contributed by atoms with Crippen molar-refractivity contribution in [2.75, 3.05) is 0 Å². The van der Waals surface area contributed by atoms with Gasteiger partial charge in [-0.2, -0.15) is 0 Å². The maximum atomic E-state index is 11.0. The van der Waals surface area contributed by atoms with Crippen molar-refractivity contribution >= 4 is 11.9 Å². The van der Waals surface area contributed by atoms with Crippen LogP contribution in [0.2, 0.25) is 0 Å². The molecule has 0 fully saturated rings. The van der Waals surface area contributed by atoms with E-state index in [1.165, 1.54) is 0 Å². The summed E-state index contributed by atoms with van der Waals surface area (Å²) in [5, 5.41) is 0. The zero-order valence-corrected chi connectivity index (χ0v) is 6.66. The highest BCUT2D eigenvalue weighted by atomic mass is 16.6. The Morgan fingerprint density at radius 2 is 2.17 bits per heavy atom. The van der Waals surface area contributed by atoms with Crippen molar-refractivity contribution in [2.24, 2.45) is 5.92 Å². The number of hydrogen-bond acceptors (Lipinski definition) is 3. The van der Waals surface area contributed by atoms with Gasteiger partial charge in [-0.25, -0.2) is 9.59 Å². The van der Waals surface area contributed by atoms with Crippen molar-refractivity contribution in [3.05, 3.63) is 23.3 Å². The van der Waals surface area contributed by atoms with Crippen LogP contribution in [-0.4, -0.2) is 11.9 Å². The van der Waals surface area contributed by atoms with Gasteiger partial charge in [-0.3, -0.25) is 0 Å². The molecule has 0 N–H and O–H groups in total. The van der Waals surface area contributed by atoms with Crippen LogP contribution in [0.15, 0.2) is 23.3 Å². The van der Waals surface area contributed by atoms with E-state index < -0.39 is 11.9 Å². The van der Waals surface area contributed by atoms with E-state index in [-0.39, 0.29) is 0 Å². The van der Waals surface area contributed by atoms with Crippen molar-refractivity contribution in [2.45, 2.75) is 13.3 Å². The summed E-state index contributed by atoms with van der Waals surface area (Å²) in [6.45, 7) is 2.00. The number of cyclic esters (lactones) is 2. The van der Waals surface area contributed by atoms with Crippen LogP contribution in [0.3, 0.4) is 0 Å². The molecule has 0 amide bonds. The van der Waals surface area contributed by atoms with Crippen molar-refractivity contribution in [1.82, 2.24) is 0 Å². The van der Waals surface area contributed by atoms with Gasteiger partial charge in [0, 0.05) is 0 Å². The maximum absolute atomic E-state index is 11.0. The first-order valence-corrected chi connectivity index (χ1v) is 3.86. The van der Waals surface area contributed by atoms with Crippen molar-refractivity contribution < 1.29 is 14.3 Å². The number of esters is 2. The Labute approximate surface area is 69.7 Å². The van der Waals surface area contributed by atoms with Crippen LogP contribution < -0.4 is 0 Å². The minimum atomic E-state index is -0.502. The number of carbonyl (C=O) groups excluding carboxylic acids is 2. The lowest BCUT2D eigenvalue weighted by molar-refractivity contribution is -0.151. The molecule has 0 aromatic heterocycles. The highest BCUT2D eigenvalue weighted by Crippen LogP contribution is 2.29. The summed E-state index contributed by atoms with van der Waals surface area (Å²) in [4.78, 5) is 22.0. The Bertz CT molecular complexity index is 323. The van der Waals surface area contributed by atoms with E-state index in [1.807, 2.05) is 13.0 Å². The fourth-order valence-electron chi connectivity index (χ4n) is 1.45. The second kappa shape index (κ2) is 2.30. The third-order valence-corrected chi connectivity index (χ3v) is 2.09. The third-order valence-electron chi connectivity index (χ3n) is 2.09. The normalized spacial score (nSPS) is 27.6. The van der Waals surface area contributed by atoms with E-state index in [0.717, 1.165) is 0 Å². The molecule has 3 nitrogen and oxygen atoms in total. The third kappa shape index (κ3) is 0.897. The lowest BCUT2D eigenvalue weighted by Gasteiger charge is -2.09. The molecule has 0 aromatic carbocycles. The Morgan fingerprint density at radius 1 is 1.42 bits per heavy atom. The molecule has 1 heterocycles. The van der Waals surface area contributed by atoms with E-state index >= 15 is 0 Å². The Hall–Kier alpha value is -1.38. The minimum absolute atomic E-state index is 0.321. The average Bonchev–Trinajstić information content (AvgIpc) is 2.28. The molecule has 0 radical (unpaired) electrons. The largest absolute Gasteiger partial charge is 0.386 e. The summed E-state index contributed by atoms with van der Waals surface area (Å²) in [7, 11) is 0. The van der Waals surface area contributed by atoms with E-state index in [2.05, 4.69) is 4.74 Å². The first kappa shape index (κ1) is 7.28. The zero-order valence-electron chi connectivity index (χ0n) is 6.66. The SMILES string of the molecule is CC1C=CC2=C(C1)C(=O)OC2=O. The predicted molar refractivity (Wildman–Crippen MR) is 41.0 cm³/mol. The van der Waals surface area contributed by atoms with Crippen LogP contribution >= 0.6 is 0 Å². The van der Waals surface area contributed by atoms with Gasteiger partial charge in [-0.05, 0) is 12.3 Å². The zero-order chi connectivity index (χ0) is 8.72. The fraction of sp³-hybridized carbons (Fsp3) is 0.333. The molecule has 1 atom stereocenters. The van der Waals surface area contributed by atoms with Gasteiger partial charge in [0.25, 0.3) is 0 Å². The first-order chi connectivity index (χ1) is 5.68. The summed E-state index contributed by atoms with van der Waals surface area (Å²) in [5.74, 6) is -0.647. The molecule has 12 heavy (non-hydrogen) atoms. The van der Waals surface area contributed by atoms with Gasteiger partial charge < -0.3 is 4.74 Å². The van der Waals surface area contributed by atoms with Crippen molar-refractivity contribution in [1.29, 1.82) is 0 Å². The smallest absolute Gasteiger partial charge is 0.346 e. The van der Waals surface area contributed by atoms with Crippen LogP contribution in [0, 0.1) is 5.92 Å². The fourth-order valence-corrected chi connectivity index (χ4v) is 1.45. The topological polar surface area (TPSA) is 43.4 Å². The number of allylic oxidation sites excluding steroid dienone is 1. The lowest BCUT2D eigenvalue weighted by Crippen LogP contribution is -2.05. The number of hydrogen-bond donors (Lipinski definition) is 0. The molecule has 1 unspecified atom stereocenters. The monoisotopic (exact) mass is 164 g/mol. The molecule has 1 aliphatic carbocycles. The van der Waals surface area contributed by atoms with Gasteiger partial charge in [0.05, 0.1) is 11.1 Å². The summed E-state index contributed by atoms with van der Waals surface area (Å²) >= 11 is 0. The highest BCUT2D eigenvalue weighted by molar-refractivity contribution is 6.14. The molecule has 0 saturated carbocycles. The van der Waals surface area contributed by atoms with Gasteiger partial charge >= 0.3 is 11.9 Å².